The Bertz CT molecular complexity index is 1600. The number of amides is 7. The highest BCUT2D eigenvalue weighted by Gasteiger charge is 2.33. The molecule has 7 amide bonds. The lowest BCUT2D eigenvalue weighted by Gasteiger charge is -2.23. The molecular formula is C42H72N8O13S3. The lowest BCUT2D eigenvalue weighted by atomic mass is 10.1. The second-order valence-corrected chi connectivity index (χ2v) is 18.9. The van der Waals surface area contributed by atoms with E-state index in [1.165, 1.54) is 35.3 Å². The van der Waals surface area contributed by atoms with Crippen LogP contribution in [0.4, 0.5) is 0 Å². The summed E-state index contributed by atoms with van der Waals surface area (Å²) in [4.78, 5) is 125. The molecule has 4 heterocycles. The van der Waals surface area contributed by atoms with Crippen LogP contribution in [0, 0.1) is 0 Å². The van der Waals surface area contributed by atoms with Crippen molar-refractivity contribution in [1.82, 2.24) is 30.4 Å². The average Bonchev–Trinajstić information content (AvgIpc) is 4.07. The Labute approximate surface area is 400 Å². The molecule has 3 unspecified atom stereocenters. The van der Waals surface area contributed by atoms with Crippen molar-refractivity contribution in [2.75, 3.05) is 80.3 Å². The van der Waals surface area contributed by atoms with Crippen LogP contribution in [0.3, 0.4) is 0 Å². The molecule has 4 saturated heterocycles. The number of nitrogens with zero attached hydrogens (tertiary/aromatic N) is 4. The van der Waals surface area contributed by atoms with Crippen molar-refractivity contribution < 1.29 is 63.0 Å². The van der Waals surface area contributed by atoms with E-state index in [1.54, 1.807) is 4.90 Å². The van der Waals surface area contributed by atoms with Crippen LogP contribution in [0.25, 0.3) is 0 Å². The molecule has 376 valence electrons. The SMILES string of the molecule is C.CC(CSCC(=O)ON1C(=O)CCC1=O)N1CCCC1=O.NCCCCC(N)C(=O)O.O=C(CSCCN1CCCC1=O)NCCCCC(NC(=O)CSCCN1CCCC1=O)C(=O)O. The van der Waals surface area contributed by atoms with E-state index in [0.717, 1.165) is 57.5 Å². The van der Waals surface area contributed by atoms with Gasteiger partial charge in [-0.25, -0.2) is 9.59 Å². The predicted octanol–water partition coefficient (Wildman–Crippen LogP) is 1.05. The van der Waals surface area contributed by atoms with E-state index >= 15 is 0 Å². The summed E-state index contributed by atoms with van der Waals surface area (Å²) in [5, 5.41) is 23.6. The Hall–Kier alpha value is -4.13. The first-order valence-corrected chi connectivity index (χ1v) is 25.6. The molecule has 8 N–H and O–H groups in total. The zero-order valence-corrected chi connectivity index (χ0v) is 39.8. The number of carboxylic acid groups (broad SMARTS) is 2. The fraction of sp³-hybridized carbons (Fsp3) is 0.762. The third kappa shape index (κ3) is 24.6. The molecule has 66 heavy (non-hydrogen) atoms. The van der Waals surface area contributed by atoms with Gasteiger partial charge in [-0.3, -0.25) is 38.4 Å². The van der Waals surface area contributed by atoms with Crippen molar-refractivity contribution in [2.24, 2.45) is 11.5 Å². The summed E-state index contributed by atoms with van der Waals surface area (Å²) in [6.45, 7) is 6.63. The van der Waals surface area contributed by atoms with E-state index in [4.69, 9.17) is 21.4 Å². The molecule has 0 aromatic rings. The van der Waals surface area contributed by atoms with E-state index in [0.29, 0.717) is 93.4 Å². The lowest BCUT2D eigenvalue weighted by molar-refractivity contribution is -0.195. The minimum absolute atomic E-state index is 0. The first kappa shape index (κ1) is 59.9. The van der Waals surface area contributed by atoms with Gasteiger partial charge in [-0.05, 0) is 64.8 Å². The van der Waals surface area contributed by atoms with Crippen LogP contribution in [0.15, 0.2) is 0 Å². The highest BCUT2D eigenvalue weighted by atomic mass is 32.2. The quantitative estimate of drug-likeness (QED) is 0.0472. The number of likely N-dealkylation sites (tertiary alicyclic amines) is 3. The summed E-state index contributed by atoms with van der Waals surface area (Å²) in [5.41, 5.74) is 10.4. The number of carbonyl (C=O) groups excluding carboxylic acids is 8. The van der Waals surface area contributed by atoms with Crippen LogP contribution in [0.1, 0.15) is 104 Å². The summed E-state index contributed by atoms with van der Waals surface area (Å²) in [6, 6.07) is -1.60. The summed E-state index contributed by atoms with van der Waals surface area (Å²) in [6.07, 6.45) is 8.32. The van der Waals surface area contributed by atoms with E-state index in [9.17, 15) is 53.1 Å². The fourth-order valence-electron chi connectivity index (χ4n) is 6.76. The molecule has 4 rings (SSSR count). The van der Waals surface area contributed by atoms with E-state index in [2.05, 4.69) is 10.6 Å². The Morgan fingerprint density at radius 1 is 0.682 bits per heavy atom. The molecule has 0 aromatic carbocycles. The molecule has 4 fully saturated rings. The van der Waals surface area contributed by atoms with Gasteiger partial charge in [0, 0.05) is 94.7 Å². The molecule has 0 aliphatic carbocycles. The second kappa shape index (κ2) is 34.2. The maximum absolute atomic E-state index is 12.1. The molecule has 21 nitrogen and oxygen atoms in total. The molecule has 0 aromatic heterocycles. The van der Waals surface area contributed by atoms with Gasteiger partial charge >= 0.3 is 17.9 Å². The normalized spacial score (nSPS) is 17.0. The molecule has 3 atom stereocenters. The van der Waals surface area contributed by atoms with Crippen LogP contribution < -0.4 is 22.1 Å². The molecule has 24 heteroatoms. The molecule has 0 saturated carbocycles. The smallest absolute Gasteiger partial charge is 0.342 e. The molecule has 0 spiro atoms. The number of imide groups is 1. The first-order valence-electron chi connectivity index (χ1n) is 22.2. The maximum Gasteiger partial charge on any atom is 0.342 e. The topological polar surface area (TPSA) is 309 Å². The summed E-state index contributed by atoms with van der Waals surface area (Å²) in [5.74, 6) is -0.965. The third-order valence-corrected chi connectivity index (χ3v) is 13.4. The number of nitrogens with two attached hydrogens (primary N) is 2. The number of carboxylic acids is 2. The van der Waals surface area contributed by atoms with Crippen molar-refractivity contribution in [3.05, 3.63) is 0 Å². The standard InChI is InChI=1S/C22H36N4O6S2.C13H18N2O5S.C6H14N2O2.CH4/c27-18(15-33-13-11-25-9-3-6-20(25)29)23-8-2-1-5-17(22(31)32)24-19(28)16-34-14-12-26-10-4-7-21(26)30;1-9(14-6-2-3-10(14)16)7-21-8-13(19)20-15-11(17)4-5-12(15)18;7-4-2-1-3-5(8)6(9)10;/h17H,1-16H2,(H,23,27)(H,24,28)(H,31,32);9H,2-8H2,1H3;5H,1-4,7-8H2,(H,9,10);1H4. The molecule has 4 aliphatic rings. The minimum Gasteiger partial charge on any atom is -0.480 e. The molecule has 0 radical (unpaired) electrons. The number of carbonyl (C=O) groups is 10. The Balaban J connectivity index is 0.000000575. The Morgan fingerprint density at radius 3 is 1.73 bits per heavy atom. The maximum atomic E-state index is 12.1. The minimum atomic E-state index is -1.07. The molecular weight excluding hydrogens is 921 g/mol. The second-order valence-electron chi connectivity index (χ2n) is 15.7. The highest BCUT2D eigenvalue weighted by Crippen LogP contribution is 2.18. The largest absolute Gasteiger partial charge is 0.480 e. The predicted molar refractivity (Wildman–Crippen MR) is 253 cm³/mol. The average molecular weight is 993 g/mol. The number of aliphatic carboxylic acids is 2. The number of hydrogen-bond donors (Lipinski definition) is 6. The van der Waals surface area contributed by atoms with Gasteiger partial charge < -0.3 is 51.9 Å². The zero-order valence-electron chi connectivity index (χ0n) is 37.4. The fourth-order valence-corrected chi connectivity index (χ4v) is 9.16. The van der Waals surface area contributed by atoms with Gasteiger partial charge in [0.1, 0.15) is 12.1 Å². The summed E-state index contributed by atoms with van der Waals surface area (Å²) < 4.78 is 0. The van der Waals surface area contributed by atoms with Crippen molar-refractivity contribution >= 4 is 94.5 Å². The van der Waals surface area contributed by atoms with Crippen LogP contribution in [-0.4, -0.2) is 188 Å². The first-order chi connectivity index (χ1) is 31.0. The number of hydroxylamine groups is 2. The van der Waals surface area contributed by atoms with E-state index in [1.807, 2.05) is 16.7 Å². The van der Waals surface area contributed by atoms with Crippen LogP contribution in [0.5, 0.6) is 0 Å². The lowest BCUT2D eigenvalue weighted by Crippen LogP contribution is -2.41. The van der Waals surface area contributed by atoms with Crippen molar-refractivity contribution in [2.45, 2.75) is 122 Å². The van der Waals surface area contributed by atoms with Crippen LogP contribution in [-0.2, 0) is 52.8 Å². The number of rotatable bonds is 28. The molecule has 4 aliphatic heterocycles. The van der Waals surface area contributed by atoms with Gasteiger partial charge in [0.2, 0.25) is 29.5 Å². The van der Waals surface area contributed by atoms with E-state index in [-0.39, 0.29) is 67.4 Å². The third-order valence-electron chi connectivity index (χ3n) is 10.4. The number of nitrogens with one attached hydrogen (secondary N) is 2. The van der Waals surface area contributed by atoms with Gasteiger partial charge in [-0.2, -0.15) is 23.5 Å². The van der Waals surface area contributed by atoms with E-state index < -0.39 is 41.8 Å². The summed E-state index contributed by atoms with van der Waals surface area (Å²) in [7, 11) is 0. The van der Waals surface area contributed by atoms with Gasteiger partial charge in [-0.1, -0.05) is 13.8 Å². The number of unbranched alkanes of at least 4 members (excludes halogenated alkanes) is 2. The van der Waals surface area contributed by atoms with Crippen molar-refractivity contribution in [3.63, 3.8) is 0 Å². The van der Waals surface area contributed by atoms with Crippen molar-refractivity contribution in [1.29, 1.82) is 0 Å². The number of hydrogen-bond acceptors (Lipinski definition) is 16. The van der Waals surface area contributed by atoms with Gasteiger partial charge in [-0.15, -0.1) is 16.8 Å². The van der Waals surface area contributed by atoms with Gasteiger partial charge in [0.25, 0.3) is 11.8 Å². The van der Waals surface area contributed by atoms with Gasteiger partial charge in [0.15, 0.2) is 0 Å². The Kier molecular flexibility index (Phi) is 31.0. The van der Waals surface area contributed by atoms with Crippen LogP contribution >= 0.6 is 35.3 Å². The Morgan fingerprint density at radius 2 is 1.23 bits per heavy atom. The zero-order chi connectivity index (χ0) is 48.1. The highest BCUT2D eigenvalue weighted by molar-refractivity contribution is 8.00. The summed E-state index contributed by atoms with van der Waals surface area (Å²) >= 11 is 4.21. The van der Waals surface area contributed by atoms with Crippen LogP contribution in [0.2, 0.25) is 0 Å². The van der Waals surface area contributed by atoms with Crippen molar-refractivity contribution in [3.8, 4) is 0 Å². The molecule has 0 bridgehead atoms. The van der Waals surface area contributed by atoms with Gasteiger partial charge in [0.05, 0.1) is 17.3 Å². The number of thioether (sulfide) groups is 3. The monoisotopic (exact) mass is 992 g/mol.